The number of allylic oxidation sites excluding steroid dienone is 5. The molecule has 0 fully saturated rings. The van der Waals surface area contributed by atoms with E-state index in [1.54, 1.807) is 6.08 Å². The summed E-state index contributed by atoms with van der Waals surface area (Å²) in [6, 6.07) is 8.36. The molecule has 17 heavy (non-hydrogen) atoms. The summed E-state index contributed by atoms with van der Waals surface area (Å²) in [7, 11) is 0. The van der Waals surface area contributed by atoms with E-state index in [2.05, 4.69) is 26.0 Å². The SMILES string of the molecule is C\C=C/C(=C\C=C\F)c1cccc(C(C)C)c1. The van der Waals surface area contributed by atoms with Crippen LogP contribution in [0.3, 0.4) is 0 Å². The molecule has 0 N–H and O–H groups in total. The highest BCUT2D eigenvalue weighted by Gasteiger charge is 2.02. The van der Waals surface area contributed by atoms with Crippen molar-refractivity contribution in [1.82, 2.24) is 0 Å². The summed E-state index contributed by atoms with van der Waals surface area (Å²) in [5.41, 5.74) is 3.43. The Morgan fingerprint density at radius 1 is 1.29 bits per heavy atom. The van der Waals surface area contributed by atoms with E-state index in [1.807, 2.05) is 31.2 Å². The summed E-state index contributed by atoms with van der Waals surface area (Å²) >= 11 is 0. The quantitative estimate of drug-likeness (QED) is 0.619. The van der Waals surface area contributed by atoms with Gasteiger partial charge in [0.05, 0.1) is 6.33 Å². The van der Waals surface area contributed by atoms with Gasteiger partial charge < -0.3 is 0 Å². The van der Waals surface area contributed by atoms with Crippen LogP contribution in [0.2, 0.25) is 0 Å². The van der Waals surface area contributed by atoms with Crippen molar-refractivity contribution in [2.75, 3.05) is 0 Å². The van der Waals surface area contributed by atoms with Crippen molar-refractivity contribution < 1.29 is 4.39 Å². The fourth-order valence-electron chi connectivity index (χ4n) is 1.64. The largest absolute Gasteiger partial charge is 0.216 e. The fraction of sp³-hybridized carbons (Fsp3) is 0.250. The van der Waals surface area contributed by atoms with Gasteiger partial charge in [0.1, 0.15) is 0 Å². The van der Waals surface area contributed by atoms with Crippen LogP contribution in [0.25, 0.3) is 5.57 Å². The van der Waals surface area contributed by atoms with Crippen LogP contribution < -0.4 is 0 Å². The number of hydrogen-bond acceptors (Lipinski definition) is 0. The molecule has 0 saturated heterocycles. The highest BCUT2D eigenvalue weighted by Crippen LogP contribution is 2.21. The number of rotatable bonds is 4. The van der Waals surface area contributed by atoms with Gasteiger partial charge in [0.15, 0.2) is 0 Å². The lowest BCUT2D eigenvalue weighted by Crippen LogP contribution is -1.89. The molecule has 0 nitrogen and oxygen atoms in total. The predicted molar refractivity (Wildman–Crippen MR) is 73.6 cm³/mol. The van der Waals surface area contributed by atoms with E-state index < -0.39 is 0 Å². The first-order chi connectivity index (χ1) is 8.19. The van der Waals surface area contributed by atoms with Crippen molar-refractivity contribution in [1.29, 1.82) is 0 Å². The highest BCUT2D eigenvalue weighted by atomic mass is 19.1. The average Bonchev–Trinajstić information content (AvgIpc) is 2.34. The predicted octanol–water partition coefficient (Wildman–Crippen LogP) is 5.25. The first kappa shape index (κ1) is 13.4. The standard InChI is InChI=1S/C16H19F/c1-4-7-14(10-6-11-17)16-9-5-8-15(12-16)13(2)3/h4-13H,1-3H3/b7-4-,11-6+,14-10+. The Morgan fingerprint density at radius 2 is 2.06 bits per heavy atom. The van der Waals surface area contributed by atoms with Crippen LogP contribution in [0.1, 0.15) is 37.8 Å². The van der Waals surface area contributed by atoms with Gasteiger partial charge >= 0.3 is 0 Å². The van der Waals surface area contributed by atoms with E-state index in [-0.39, 0.29) is 0 Å². The Morgan fingerprint density at radius 3 is 2.65 bits per heavy atom. The maximum absolute atomic E-state index is 12.1. The Labute approximate surface area is 103 Å². The number of hydrogen-bond donors (Lipinski definition) is 0. The van der Waals surface area contributed by atoms with E-state index in [0.29, 0.717) is 12.2 Å². The molecule has 0 radical (unpaired) electrons. The summed E-state index contributed by atoms with van der Waals surface area (Å²) in [5, 5.41) is 0. The van der Waals surface area contributed by atoms with Crippen LogP contribution in [-0.2, 0) is 0 Å². The monoisotopic (exact) mass is 230 g/mol. The summed E-state index contributed by atoms with van der Waals surface area (Å²) < 4.78 is 12.1. The van der Waals surface area contributed by atoms with Crippen LogP contribution in [-0.4, -0.2) is 0 Å². The minimum Gasteiger partial charge on any atom is -0.216 e. The van der Waals surface area contributed by atoms with Crippen LogP contribution in [0.4, 0.5) is 4.39 Å². The lowest BCUT2D eigenvalue weighted by atomic mass is 9.97. The molecule has 1 heteroatoms. The van der Waals surface area contributed by atoms with Crippen molar-refractivity contribution in [2.45, 2.75) is 26.7 Å². The van der Waals surface area contributed by atoms with Gasteiger partial charge in [-0.05, 0) is 35.6 Å². The van der Waals surface area contributed by atoms with Gasteiger partial charge in [-0.25, -0.2) is 4.39 Å². The molecule has 0 unspecified atom stereocenters. The van der Waals surface area contributed by atoms with E-state index in [9.17, 15) is 4.39 Å². The maximum atomic E-state index is 12.1. The summed E-state index contributed by atoms with van der Waals surface area (Å²) in [5.74, 6) is 0.499. The molecule has 0 atom stereocenters. The summed E-state index contributed by atoms with van der Waals surface area (Å²) in [6.07, 6.45) is 7.69. The van der Waals surface area contributed by atoms with E-state index in [0.717, 1.165) is 11.1 Å². The lowest BCUT2D eigenvalue weighted by molar-refractivity contribution is 0.721. The molecule has 0 aliphatic carbocycles. The van der Waals surface area contributed by atoms with Crippen LogP contribution >= 0.6 is 0 Å². The second-order valence-corrected chi connectivity index (χ2v) is 4.22. The molecular formula is C16H19F. The summed E-state index contributed by atoms with van der Waals surface area (Å²) in [6.45, 7) is 6.29. The number of halogens is 1. The van der Waals surface area contributed by atoms with Gasteiger partial charge in [0.2, 0.25) is 0 Å². The first-order valence-corrected chi connectivity index (χ1v) is 5.89. The first-order valence-electron chi connectivity index (χ1n) is 5.89. The van der Waals surface area contributed by atoms with Gasteiger partial charge in [-0.3, -0.25) is 0 Å². The third-order valence-corrected chi connectivity index (χ3v) is 2.58. The Hall–Kier alpha value is -1.63. The average molecular weight is 230 g/mol. The molecule has 1 rings (SSSR count). The van der Waals surface area contributed by atoms with Crippen molar-refractivity contribution in [3.63, 3.8) is 0 Å². The molecule has 1 aromatic carbocycles. The molecule has 0 saturated carbocycles. The molecule has 0 aromatic heterocycles. The van der Waals surface area contributed by atoms with Crippen molar-refractivity contribution in [3.05, 3.63) is 66.0 Å². The van der Waals surface area contributed by atoms with Crippen molar-refractivity contribution in [3.8, 4) is 0 Å². The smallest absolute Gasteiger partial charge is 0.0867 e. The Balaban J connectivity index is 3.14. The fourth-order valence-corrected chi connectivity index (χ4v) is 1.64. The minimum absolute atomic E-state index is 0.499. The third kappa shape index (κ3) is 4.03. The molecule has 0 aliphatic rings. The molecule has 1 aromatic rings. The molecule has 0 amide bonds. The molecule has 90 valence electrons. The van der Waals surface area contributed by atoms with E-state index in [4.69, 9.17) is 0 Å². The second kappa shape index (κ2) is 6.85. The van der Waals surface area contributed by atoms with Crippen molar-refractivity contribution in [2.24, 2.45) is 0 Å². The molecule has 0 aliphatic heterocycles. The Bertz CT molecular complexity index is 437. The minimum atomic E-state index is 0.499. The van der Waals surface area contributed by atoms with E-state index >= 15 is 0 Å². The third-order valence-electron chi connectivity index (χ3n) is 2.58. The van der Waals surface area contributed by atoms with Crippen LogP contribution in [0.15, 0.2) is 54.9 Å². The molecule has 0 bridgehead atoms. The molecular weight excluding hydrogens is 211 g/mol. The maximum Gasteiger partial charge on any atom is 0.0867 e. The van der Waals surface area contributed by atoms with Gasteiger partial charge in [-0.2, -0.15) is 0 Å². The zero-order valence-electron chi connectivity index (χ0n) is 10.7. The van der Waals surface area contributed by atoms with Crippen LogP contribution in [0, 0.1) is 0 Å². The molecule has 0 heterocycles. The lowest BCUT2D eigenvalue weighted by Gasteiger charge is -2.08. The summed E-state index contributed by atoms with van der Waals surface area (Å²) in [4.78, 5) is 0. The van der Waals surface area contributed by atoms with Crippen LogP contribution in [0.5, 0.6) is 0 Å². The zero-order chi connectivity index (χ0) is 12.7. The second-order valence-electron chi connectivity index (χ2n) is 4.22. The van der Waals surface area contributed by atoms with Gasteiger partial charge in [-0.15, -0.1) is 0 Å². The van der Waals surface area contributed by atoms with Gasteiger partial charge in [0, 0.05) is 0 Å². The Kier molecular flexibility index (Phi) is 5.41. The van der Waals surface area contributed by atoms with Gasteiger partial charge in [0.25, 0.3) is 0 Å². The topological polar surface area (TPSA) is 0 Å². The van der Waals surface area contributed by atoms with Gasteiger partial charge in [-0.1, -0.05) is 56.3 Å². The van der Waals surface area contributed by atoms with E-state index in [1.165, 1.54) is 11.6 Å². The zero-order valence-corrected chi connectivity index (χ0v) is 10.7. The highest BCUT2D eigenvalue weighted by molar-refractivity contribution is 5.75. The number of benzene rings is 1. The normalized spacial score (nSPS) is 13.1. The van der Waals surface area contributed by atoms with Crippen molar-refractivity contribution >= 4 is 5.57 Å². The molecule has 0 spiro atoms.